The molecule has 2 aromatic rings. The van der Waals surface area contributed by atoms with Gasteiger partial charge >= 0.3 is 0 Å². The summed E-state index contributed by atoms with van der Waals surface area (Å²) in [5.74, 6) is 0.462. The molecule has 1 atom stereocenters. The second kappa shape index (κ2) is 8.65. The fourth-order valence-corrected chi connectivity index (χ4v) is 3.04. The van der Waals surface area contributed by atoms with Gasteiger partial charge in [0.2, 0.25) is 0 Å². The van der Waals surface area contributed by atoms with Gasteiger partial charge in [-0.2, -0.15) is 0 Å². The third kappa shape index (κ3) is 4.59. The molecule has 1 N–H and O–H groups in total. The number of morpholine rings is 1. The summed E-state index contributed by atoms with van der Waals surface area (Å²) in [6.45, 7) is 3.62. The number of rotatable bonds is 6. The summed E-state index contributed by atoms with van der Waals surface area (Å²) < 4.78 is 10.9. The quantitative estimate of drug-likeness (QED) is 0.877. The number of amides is 1. The summed E-state index contributed by atoms with van der Waals surface area (Å²) in [6.07, 6.45) is 0. The maximum absolute atomic E-state index is 12.5. The third-order valence-corrected chi connectivity index (χ3v) is 4.43. The van der Waals surface area contributed by atoms with Crippen LogP contribution in [0.5, 0.6) is 5.75 Å². The molecule has 132 valence electrons. The molecule has 0 aliphatic carbocycles. The Morgan fingerprint density at radius 2 is 1.96 bits per heavy atom. The van der Waals surface area contributed by atoms with E-state index in [9.17, 15) is 4.79 Å². The van der Waals surface area contributed by atoms with Crippen LogP contribution in [-0.4, -0.2) is 50.3 Å². The van der Waals surface area contributed by atoms with Crippen LogP contribution >= 0.6 is 0 Å². The van der Waals surface area contributed by atoms with E-state index in [2.05, 4.69) is 22.3 Å². The maximum Gasteiger partial charge on any atom is 0.255 e. The van der Waals surface area contributed by atoms with Crippen molar-refractivity contribution < 1.29 is 14.3 Å². The summed E-state index contributed by atoms with van der Waals surface area (Å²) in [6, 6.07) is 17.8. The molecule has 0 spiro atoms. The van der Waals surface area contributed by atoms with Crippen molar-refractivity contribution in [2.45, 2.75) is 12.6 Å². The van der Waals surface area contributed by atoms with Gasteiger partial charge in [0.1, 0.15) is 5.75 Å². The van der Waals surface area contributed by atoms with Crippen LogP contribution in [0.4, 0.5) is 0 Å². The molecule has 1 amide bonds. The zero-order valence-corrected chi connectivity index (χ0v) is 14.5. The summed E-state index contributed by atoms with van der Waals surface area (Å²) in [4.78, 5) is 14.8. The Morgan fingerprint density at radius 1 is 1.20 bits per heavy atom. The number of para-hydroxylation sites is 1. The number of hydrogen-bond donors (Lipinski definition) is 1. The van der Waals surface area contributed by atoms with Crippen molar-refractivity contribution >= 4 is 5.91 Å². The number of nitrogens with one attached hydrogen (secondary N) is 1. The van der Waals surface area contributed by atoms with Crippen LogP contribution in [0, 0.1) is 0 Å². The van der Waals surface area contributed by atoms with Crippen LogP contribution in [0.2, 0.25) is 0 Å². The van der Waals surface area contributed by atoms with Gasteiger partial charge in [-0.25, -0.2) is 0 Å². The molecule has 3 rings (SSSR count). The molecule has 1 aliphatic rings. The number of benzene rings is 2. The van der Waals surface area contributed by atoms with Gasteiger partial charge in [-0.3, -0.25) is 9.69 Å². The highest BCUT2D eigenvalue weighted by atomic mass is 16.5. The first-order chi connectivity index (χ1) is 12.3. The Hall–Kier alpha value is -2.37. The molecule has 25 heavy (non-hydrogen) atoms. The molecular formula is C20H24N2O3. The third-order valence-electron chi connectivity index (χ3n) is 4.43. The molecule has 5 heteroatoms. The first-order valence-corrected chi connectivity index (χ1v) is 8.55. The Labute approximate surface area is 148 Å². The number of carbonyl (C=O) groups excluding carboxylic acids is 1. The van der Waals surface area contributed by atoms with E-state index in [1.54, 1.807) is 19.2 Å². The molecule has 0 unspecified atom stereocenters. The largest absolute Gasteiger partial charge is 0.496 e. The van der Waals surface area contributed by atoms with E-state index in [-0.39, 0.29) is 11.9 Å². The minimum atomic E-state index is -0.123. The molecule has 1 aliphatic heterocycles. The zero-order chi connectivity index (χ0) is 17.5. The van der Waals surface area contributed by atoms with Crippen molar-refractivity contribution in [3.63, 3.8) is 0 Å². The minimum Gasteiger partial charge on any atom is -0.496 e. The molecule has 0 aromatic heterocycles. The normalized spacial score (nSPS) is 17.9. The van der Waals surface area contributed by atoms with Crippen LogP contribution in [0.25, 0.3) is 0 Å². The van der Waals surface area contributed by atoms with Crippen molar-refractivity contribution in [1.29, 1.82) is 0 Å². The maximum atomic E-state index is 12.5. The smallest absolute Gasteiger partial charge is 0.255 e. The van der Waals surface area contributed by atoms with Gasteiger partial charge < -0.3 is 14.8 Å². The molecular weight excluding hydrogens is 316 g/mol. The summed E-state index contributed by atoms with van der Waals surface area (Å²) in [5, 5.41) is 3.02. The number of hydrogen-bond acceptors (Lipinski definition) is 4. The predicted octanol–water partition coefficient (Wildman–Crippen LogP) is 2.33. The van der Waals surface area contributed by atoms with Gasteiger partial charge in [0.05, 0.1) is 31.9 Å². The lowest BCUT2D eigenvalue weighted by molar-refractivity contribution is -0.0105. The number of carbonyl (C=O) groups is 1. The predicted molar refractivity (Wildman–Crippen MR) is 96.8 cm³/mol. The fourth-order valence-electron chi connectivity index (χ4n) is 3.04. The number of ether oxygens (including phenoxy) is 2. The van der Waals surface area contributed by atoms with E-state index in [4.69, 9.17) is 9.47 Å². The molecule has 1 fully saturated rings. The second-order valence-corrected chi connectivity index (χ2v) is 6.10. The minimum absolute atomic E-state index is 0.123. The highest BCUT2D eigenvalue weighted by Crippen LogP contribution is 2.17. The average molecular weight is 340 g/mol. The van der Waals surface area contributed by atoms with Gasteiger partial charge in [0.25, 0.3) is 5.91 Å². The van der Waals surface area contributed by atoms with Crippen molar-refractivity contribution in [2.75, 3.05) is 33.4 Å². The first-order valence-electron chi connectivity index (χ1n) is 8.55. The lowest BCUT2D eigenvalue weighted by atomic mass is 10.1. The lowest BCUT2D eigenvalue weighted by Crippen LogP contribution is -2.50. The van der Waals surface area contributed by atoms with Crippen LogP contribution in [0.1, 0.15) is 15.9 Å². The van der Waals surface area contributed by atoms with Crippen LogP contribution < -0.4 is 10.1 Å². The Morgan fingerprint density at radius 3 is 2.76 bits per heavy atom. The second-order valence-electron chi connectivity index (χ2n) is 6.10. The molecule has 0 saturated carbocycles. The number of methoxy groups -OCH3 is 1. The van der Waals surface area contributed by atoms with Gasteiger partial charge in [-0.15, -0.1) is 0 Å². The van der Waals surface area contributed by atoms with Crippen molar-refractivity contribution in [1.82, 2.24) is 10.2 Å². The Balaban J connectivity index is 1.61. The van der Waals surface area contributed by atoms with Gasteiger partial charge in [-0.1, -0.05) is 42.5 Å². The van der Waals surface area contributed by atoms with Crippen molar-refractivity contribution in [3.8, 4) is 5.75 Å². The highest BCUT2D eigenvalue weighted by Gasteiger charge is 2.24. The average Bonchev–Trinajstić information content (AvgIpc) is 2.68. The van der Waals surface area contributed by atoms with Gasteiger partial charge in [0, 0.05) is 19.6 Å². The topological polar surface area (TPSA) is 50.8 Å². The van der Waals surface area contributed by atoms with Crippen molar-refractivity contribution in [3.05, 3.63) is 65.7 Å². The Kier molecular flexibility index (Phi) is 6.04. The van der Waals surface area contributed by atoms with E-state index >= 15 is 0 Å². The van der Waals surface area contributed by atoms with Crippen LogP contribution in [0.15, 0.2) is 54.6 Å². The Bertz CT molecular complexity index is 690. The van der Waals surface area contributed by atoms with E-state index in [0.717, 1.165) is 19.7 Å². The number of nitrogens with zero attached hydrogens (tertiary/aromatic N) is 1. The SMILES string of the molecule is COc1ccccc1C(=O)NC[C@H]1COCCN1Cc1ccccc1. The lowest BCUT2D eigenvalue weighted by Gasteiger charge is -2.35. The highest BCUT2D eigenvalue weighted by molar-refractivity contribution is 5.96. The van der Waals surface area contributed by atoms with E-state index < -0.39 is 0 Å². The van der Waals surface area contributed by atoms with Crippen LogP contribution in [-0.2, 0) is 11.3 Å². The molecule has 2 aromatic carbocycles. The van der Waals surface area contributed by atoms with Crippen LogP contribution in [0.3, 0.4) is 0 Å². The molecule has 0 bridgehead atoms. The molecule has 0 radical (unpaired) electrons. The van der Waals surface area contributed by atoms with E-state index in [1.165, 1.54) is 5.56 Å². The molecule has 5 nitrogen and oxygen atoms in total. The summed E-state index contributed by atoms with van der Waals surface area (Å²) in [7, 11) is 1.57. The van der Waals surface area contributed by atoms with Gasteiger partial charge in [-0.05, 0) is 17.7 Å². The van der Waals surface area contributed by atoms with Crippen molar-refractivity contribution in [2.24, 2.45) is 0 Å². The standard InChI is InChI=1S/C20H24N2O3/c1-24-19-10-6-5-9-18(19)20(23)21-13-17-15-25-12-11-22(17)14-16-7-3-2-4-8-16/h2-10,17H,11-15H2,1H3,(H,21,23)/t17-/m0/s1. The first kappa shape index (κ1) is 17.5. The monoisotopic (exact) mass is 340 g/mol. The fraction of sp³-hybridized carbons (Fsp3) is 0.350. The van der Waals surface area contributed by atoms with E-state index in [1.807, 2.05) is 30.3 Å². The molecule has 1 saturated heterocycles. The zero-order valence-electron chi connectivity index (χ0n) is 14.5. The van der Waals surface area contributed by atoms with E-state index in [0.29, 0.717) is 24.5 Å². The van der Waals surface area contributed by atoms with Gasteiger partial charge in [0.15, 0.2) is 0 Å². The summed E-state index contributed by atoms with van der Waals surface area (Å²) in [5.41, 5.74) is 1.82. The summed E-state index contributed by atoms with van der Waals surface area (Å²) >= 11 is 0. The molecule has 1 heterocycles.